The molecule has 2 N–H and O–H groups in total. The van der Waals surface area contributed by atoms with Crippen LogP contribution in [0.4, 0.5) is 4.39 Å². The van der Waals surface area contributed by atoms with Crippen LogP contribution in [0.15, 0.2) is 54.6 Å². The second kappa shape index (κ2) is 8.55. The predicted molar refractivity (Wildman–Crippen MR) is 106 cm³/mol. The Morgan fingerprint density at radius 1 is 0.929 bits per heavy atom. The maximum absolute atomic E-state index is 13.8. The zero-order valence-electron chi connectivity index (χ0n) is 16.1. The van der Waals surface area contributed by atoms with Gasteiger partial charge in [-0.1, -0.05) is 68.4 Å². The van der Waals surface area contributed by atoms with Gasteiger partial charge in [0.15, 0.2) is 0 Å². The Hall–Kier alpha value is -2.69. The fourth-order valence-corrected chi connectivity index (χ4v) is 3.87. The summed E-state index contributed by atoms with van der Waals surface area (Å²) in [6, 6.07) is 17.1. The van der Waals surface area contributed by atoms with Crippen LogP contribution < -0.4 is 5.32 Å². The molecule has 0 aromatic heterocycles. The fraction of sp³-hybridized carbons (Fsp3) is 0.391. The van der Waals surface area contributed by atoms with Crippen molar-refractivity contribution in [2.24, 2.45) is 11.8 Å². The fourth-order valence-electron chi connectivity index (χ4n) is 3.87. The summed E-state index contributed by atoms with van der Waals surface area (Å²) in [5.41, 5.74) is 3.00. The van der Waals surface area contributed by atoms with Gasteiger partial charge in [0, 0.05) is 0 Å². The van der Waals surface area contributed by atoms with Crippen molar-refractivity contribution < 1.29 is 19.1 Å². The Morgan fingerprint density at radius 3 is 2.04 bits per heavy atom. The molecular formula is C23H26FNO3. The minimum atomic E-state index is -1.25. The smallest absolute Gasteiger partial charge is 0.307 e. The monoisotopic (exact) mass is 383 g/mol. The van der Waals surface area contributed by atoms with Gasteiger partial charge >= 0.3 is 5.97 Å². The number of carbonyl (C=O) groups excluding carboxylic acids is 1. The molecule has 0 saturated heterocycles. The molecule has 0 bridgehead atoms. The van der Waals surface area contributed by atoms with Gasteiger partial charge in [-0.3, -0.25) is 9.59 Å². The van der Waals surface area contributed by atoms with E-state index in [4.69, 9.17) is 0 Å². The molecule has 0 aliphatic heterocycles. The zero-order chi connectivity index (χ0) is 20.3. The van der Waals surface area contributed by atoms with Gasteiger partial charge < -0.3 is 10.4 Å². The highest BCUT2D eigenvalue weighted by molar-refractivity contribution is 5.86. The molecule has 3 rings (SSSR count). The molecule has 4 nitrogen and oxygen atoms in total. The van der Waals surface area contributed by atoms with Crippen molar-refractivity contribution in [3.63, 3.8) is 0 Å². The lowest BCUT2D eigenvalue weighted by molar-refractivity contribution is -0.146. The zero-order valence-corrected chi connectivity index (χ0v) is 16.1. The Labute approximate surface area is 164 Å². The van der Waals surface area contributed by atoms with Gasteiger partial charge in [0.1, 0.15) is 6.17 Å². The van der Waals surface area contributed by atoms with Crippen LogP contribution in [0.25, 0.3) is 0 Å². The number of nitrogens with one attached hydrogen (secondary N) is 1. The Morgan fingerprint density at radius 2 is 1.46 bits per heavy atom. The van der Waals surface area contributed by atoms with Crippen LogP contribution in [0.3, 0.4) is 0 Å². The molecular weight excluding hydrogens is 357 g/mol. The summed E-state index contributed by atoms with van der Waals surface area (Å²) in [4.78, 5) is 24.3. The number of aliphatic carboxylic acids is 1. The molecule has 0 radical (unpaired) electrons. The first-order chi connectivity index (χ1) is 13.4. The van der Waals surface area contributed by atoms with E-state index in [2.05, 4.69) is 19.2 Å². The van der Waals surface area contributed by atoms with Crippen LogP contribution in [-0.4, -0.2) is 23.2 Å². The number of amides is 1. The number of carboxylic acid groups (broad SMARTS) is 1. The average Bonchev–Trinajstić information content (AvgIpc) is 3.09. The minimum absolute atomic E-state index is 0.0450. The largest absolute Gasteiger partial charge is 0.481 e. The number of hydrogen-bond donors (Lipinski definition) is 2. The van der Waals surface area contributed by atoms with Crippen molar-refractivity contribution in [2.75, 3.05) is 0 Å². The number of carboxylic acids is 1. The van der Waals surface area contributed by atoms with E-state index in [1.807, 2.05) is 54.6 Å². The van der Waals surface area contributed by atoms with E-state index in [9.17, 15) is 19.1 Å². The molecule has 148 valence electrons. The number of hydrogen-bond acceptors (Lipinski definition) is 2. The molecule has 2 aromatic rings. The number of halogens is 1. The molecule has 1 fully saturated rings. The first kappa shape index (κ1) is 20.1. The van der Waals surface area contributed by atoms with Crippen molar-refractivity contribution in [1.29, 1.82) is 0 Å². The molecule has 1 saturated carbocycles. The highest BCUT2D eigenvalue weighted by atomic mass is 19.1. The van der Waals surface area contributed by atoms with Gasteiger partial charge in [-0.2, -0.15) is 0 Å². The number of rotatable bonds is 6. The topological polar surface area (TPSA) is 66.4 Å². The van der Waals surface area contributed by atoms with Crippen LogP contribution in [0, 0.1) is 11.8 Å². The third-order valence-electron chi connectivity index (χ3n) is 5.52. The maximum Gasteiger partial charge on any atom is 0.307 e. The standard InChI is InChI=1S/C23H26FNO3/c1-14(2)15-8-10-17(11-9-15)21(16-6-4-3-5-7-16)25-22(26)19-12-18(24)13-20(19)23(27)28/h3-11,14,18-21H,12-13H2,1-2H3,(H,25,26)(H,27,28)/t18-,19?,20?,21?/m1/s1. The van der Waals surface area contributed by atoms with E-state index in [1.165, 1.54) is 5.56 Å². The summed E-state index contributed by atoms with van der Waals surface area (Å²) in [7, 11) is 0. The van der Waals surface area contributed by atoms with Crippen LogP contribution >= 0.6 is 0 Å². The summed E-state index contributed by atoms with van der Waals surface area (Å²) in [6.07, 6.45) is -1.40. The predicted octanol–water partition coefficient (Wildman–Crippen LogP) is 4.46. The van der Waals surface area contributed by atoms with E-state index in [0.29, 0.717) is 5.92 Å². The van der Waals surface area contributed by atoms with E-state index >= 15 is 0 Å². The summed E-state index contributed by atoms with van der Waals surface area (Å²) < 4.78 is 13.8. The highest BCUT2D eigenvalue weighted by Crippen LogP contribution is 2.35. The van der Waals surface area contributed by atoms with Gasteiger partial charge in [-0.25, -0.2) is 4.39 Å². The van der Waals surface area contributed by atoms with Crippen molar-refractivity contribution in [3.05, 3.63) is 71.3 Å². The Bertz CT molecular complexity index is 820. The number of benzene rings is 2. The molecule has 5 heteroatoms. The van der Waals surface area contributed by atoms with Gasteiger partial charge in [-0.15, -0.1) is 0 Å². The van der Waals surface area contributed by atoms with Gasteiger partial charge in [0.25, 0.3) is 0 Å². The lowest BCUT2D eigenvalue weighted by atomic mass is 9.92. The molecule has 1 amide bonds. The highest BCUT2D eigenvalue weighted by Gasteiger charge is 2.43. The van der Waals surface area contributed by atoms with Crippen molar-refractivity contribution in [3.8, 4) is 0 Å². The van der Waals surface area contributed by atoms with Crippen molar-refractivity contribution in [2.45, 2.75) is 44.8 Å². The van der Waals surface area contributed by atoms with Gasteiger partial charge in [-0.05, 0) is 35.4 Å². The molecule has 0 heterocycles. The van der Waals surface area contributed by atoms with E-state index in [1.54, 1.807) is 0 Å². The summed E-state index contributed by atoms with van der Waals surface area (Å²) in [6.45, 7) is 4.23. The summed E-state index contributed by atoms with van der Waals surface area (Å²) in [5, 5.41) is 12.3. The second-order valence-corrected chi connectivity index (χ2v) is 7.79. The molecule has 2 aromatic carbocycles. The van der Waals surface area contributed by atoms with Crippen LogP contribution in [0.1, 0.15) is 55.3 Å². The minimum Gasteiger partial charge on any atom is -0.481 e. The molecule has 1 aliphatic carbocycles. The molecule has 0 spiro atoms. The first-order valence-corrected chi connectivity index (χ1v) is 9.69. The molecule has 4 atom stereocenters. The van der Waals surface area contributed by atoms with Crippen LogP contribution in [0.5, 0.6) is 0 Å². The Balaban J connectivity index is 1.87. The van der Waals surface area contributed by atoms with E-state index in [0.717, 1.165) is 11.1 Å². The van der Waals surface area contributed by atoms with Crippen molar-refractivity contribution >= 4 is 11.9 Å². The molecule has 28 heavy (non-hydrogen) atoms. The number of alkyl halides is 1. The Kier molecular flexibility index (Phi) is 6.12. The first-order valence-electron chi connectivity index (χ1n) is 9.69. The van der Waals surface area contributed by atoms with Crippen LogP contribution in [-0.2, 0) is 9.59 Å². The molecule has 1 aliphatic rings. The maximum atomic E-state index is 13.8. The van der Waals surface area contributed by atoms with Gasteiger partial charge in [0.05, 0.1) is 17.9 Å². The molecule has 3 unspecified atom stereocenters. The quantitative estimate of drug-likeness (QED) is 0.774. The van der Waals surface area contributed by atoms with Gasteiger partial charge in [0.2, 0.25) is 5.91 Å². The SMILES string of the molecule is CC(C)c1ccc(C(NC(=O)C2C[C@@H](F)CC2C(=O)O)c2ccccc2)cc1. The third-order valence-corrected chi connectivity index (χ3v) is 5.52. The second-order valence-electron chi connectivity index (χ2n) is 7.79. The van der Waals surface area contributed by atoms with E-state index in [-0.39, 0.29) is 12.8 Å². The normalized spacial score (nSPS) is 22.8. The third kappa shape index (κ3) is 4.41. The van der Waals surface area contributed by atoms with Crippen molar-refractivity contribution in [1.82, 2.24) is 5.32 Å². The van der Waals surface area contributed by atoms with Crippen LogP contribution in [0.2, 0.25) is 0 Å². The lowest BCUT2D eigenvalue weighted by Gasteiger charge is -2.24. The average molecular weight is 383 g/mol. The van der Waals surface area contributed by atoms with E-state index < -0.39 is 35.9 Å². The number of carbonyl (C=O) groups is 2. The summed E-state index contributed by atoms with van der Waals surface area (Å²) >= 11 is 0. The summed E-state index contributed by atoms with van der Waals surface area (Å²) in [5.74, 6) is -2.95. The lowest BCUT2D eigenvalue weighted by Crippen LogP contribution is -2.38.